The molecule has 0 saturated heterocycles. The third kappa shape index (κ3) is 9.69. The van der Waals surface area contributed by atoms with E-state index in [9.17, 15) is 9.59 Å². The summed E-state index contributed by atoms with van der Waals surface area (Å²) in [5.74, 6) is 0.134. The molecule has 0 aliphatic carbocycles. The third-order valence-electron chi connectivity index (χ3n) is 4.48. The molecule has 3 N–H and O–H groups in total. The molecule has 0 saturated carbocycles. The number of hydrogen-bond donors (Lipinski definition) is 3. The quantitative estimate of drug-likeness (QED) is 0.197. The van der Waals surface area contributed by atoms with Crippen LogP contribution in [0, 0.1) is 6.92 Å². The highest BCUT2D eigenvalue weighted by Gasteiger charge is 2.15. The lowest BCUT2D eigenvalue weighted by atomic mass is 10.2. The highest BCUT2D eigenvalue weighted by atomic mass is 79.9. The first kappa shape index (κ1) is 27.1. The van der Waals surface area contributed by atoms with Crippen LogP contribution >= 0.6 is 44.1 Å². The molecule has 0 atom stereocenters. The molecule has 2 aromatic carbocycles. The number of nitrogens with one attached hydrogen (secondary N) is 3. The number of amides is 2. The number of ether oxygens (including phenoxy) is 2. The van der Waals surface area contributed by atoms with E-state index in [1.165, 1.54) is 0 Å². The number of thiocarbonyl (C=S) groups is 1. The van der Waals surface area contributed by atoms with Gasteiger partial charge in [0.05, 0.1) is 12.2 Å². The Bertz CT molecular complexity index is 988. The van der Waals surface area contributed by atoms with Crippen LogP contribution in [0.3, 0.4) is 0 Å². The van der Waals surface area contributed by atoms with Crippen LogP contribution in [-0.2, 0) is 4.79 Å². The van der Waals surface area contributed by atoms with Crippen molar-refractivity contribution in [3.63, 3.8) is 0 Å². The van der Waals surface area contributed by atoms with Gasteiger partial charge in [-0.25, -0.2) is 0 Å². The summed E-state index contributed by atoms with van der Waals surface area (Å²) >= 11 is 11.9. The largest absolute Gasteiger partial charge is 0.493 e. The van der Waals surface area contributed by atoms with Gasteiger partial charge in [-0.15, -0.1) is 0 Å². The van der Waals surface area contributed by atoms with Gasteiger partial charge in [0, 0.05) is 8.95 Å². The molecule has 0 fully saturated rings. The van der Waals surface area contributed by atoms with E-state index in [0.717, 1.165) is 40.2 Å². The average molecular weight is 601 g/mol. The molecule has 2 rings (SSSR count). The van der Waals surface area contributed by atoms with Crippen molar-refractivity contribution in [1.82, 2.24) is 16.2 Å². The zero-order valence-electron chi connectivity index (χ0n) is 18.5. The minimum Gasteiger partial charge on any atom is -0.493 e. The first-order chi connectivity index (χ1) is 15.8. The molecule has 10 heteroatoms. The molecule has 0 aliphatic rings. The van der Waals surface area contributed by atoms with E-state index in [-0.39, 0.29) is 11.7 Å². The van der Waals surface area contributed by atoms with E-state index in [4.69, 9.17) is 21.7 Å². The monoisotopic (exact) mass is 599 g/mol. The van der Waals surface area contributed by atoms with Gasteiger partial charge in [-0.05, 0) is 67.5 Å². The molecular weight excluding hydrogens is 574 g/mol. The molecule has 0 radical (unpaired) electrons. The first-order valence-corrected chi connectivity index (χ1v) is 12.5. The summed E-state index contributed by atoms with van der Waals surface area (Å²) in [5, 5.41) is 2.48. The van der Waals surface area contributed by atoms with Crippen molar-refractivity contribution in [3.05, 3.63) is 56.5 Å². The zero-order chi connectivity index (χ0) is 24.2. The molecule has 2 aromatic rings. The Kier molecular flexibility index (Phi) is 11.6. The molecule has 33 heavy (non-hydrogen) atoms. The summed E-state index contributed by atoms with van der Waals surface area (Å²) in [6, 6.07) is 10.6. The van der Waals surface area contributed by atoms with E-state index in [1.54, 1.807) is 18.2 Å². The van der Waals surface area contributed by atoms with E-state index >= 15 is 0 Å². The number of rotatable bonds is 10. The minimum absolute atomic E-state index is 0.0540. The lowest BCUT2D eigenvalue weighted by molar-refractivity contribution is -0.123. The van der Waals surface area contributed by atoms with Crippen molar-refractivity contribution in [2.24, 2.45) is 0 Å². The topological polar surface area (TPSA) is 88.7 Å². The standard InChI is InChI=1S/C23H27Br2N3O4S/c1-3-4-5-6-11-31-20-10-7-16(24)13-18(20)22(30)26-23(33)28-27-21(29)14-32-17-8-9-19(25)15(2)12-17/h7-10,12-13H,3-6,11,14H2,1-2H3,(H,27,29)(H2,26,28,30,33). The van der Waals surface area contributed by atoms with Gasteiger partial charge >= 0.3 is 0 Å². The highest BCUT2D eigenvalue weighted by Crippen LogP contribution is 2.24. The fraction of sp³-hybridized carbons (Fsp3) is 0.348. The molecule has 178 valence electrons. The minimum atomic E-state index is -0.453. The number of halogens is 2. The van der Waals surface area contributed by atoms with Crippen LogP contribution in [0.15, 0.2) is 45.3 Å². The van der Waals surface area contributed by atoms with Crippen molar-refractivity contribution < 1.29 is 19.1 Å². The number of hydrazine groups is 1. The summed E-state index contributed by atoms with van der Waals surface area (Å²) < 4.78 is 12.9. The summed E-state index contributed by atoms with van der Waals surface area (Å²) in [5.41, 5.74) is 6.23. The van der Waals surface area contributed by atoms with E-state index in [1.807, 2.05) is 25.1 Å². The smallest absolute Gasteiger partial charge is 0.276 e. The number of aryl methyl sites for hydroxylation is 1. The SMILES string of the molecule is CCCCCCOc1ccc(Br)cc1C(=O)NC(=S)NNC(=O)COc1ccc(Br)c(C)c1. The van der Waals surface area contributed by atoms with Gasteiger partial charge in [-0.3, -0.25) is 25.8 Å². The Morgan fingerprint density at radius 2 is 1.79 bits per heavy atom. The Hall–Kier alpha value is -2.17. The second kappa shape index (κ2) is 14.2. The molecule has 0 heterocycles. The van der Waals surface area contributed by atoms with Gasteiger partial charge < -0.3 is 9.47 Å². The molecule has 0 aromatic heterocycles. The molecule has 0 bridgehead atoms. The Morgan fingerprint density at radius 3 is 2.52 bits per heavy atom. The maximum atomic E-state index is 12.7. The third-order valence-corrected chi connectivity index (χ3v) is 6.07. The van der Waals surface area contributed by atoms with Crippen molar-refractivity contribution in [2.45, 2.75) is 39.5 Å². The van der Waals surface area contributed by atoms with E-state index in [0.29, 0.717) is 23.7 Å². The summed E-state index contributed by atoms with van der Waals surface area (Å²) in [6.45, 7) is 4.38. The van der Waals surface area contributed by atoms with Crippen LogP contribution in [0.1, 0.15) is 48.5 Å². The summed E-state index contributed by atoms with van der Waals surface area (Å²) in [6.07, 6.45) is 4.28. The number of carbonyl (C=O) groups is 2. The Morgan fingerprint density at radius 1 is 1.00 bits per heavy atom. The summed E-state index contributed by atoms with van der Waals surface area (Å²) in [4.78, 5) is 24.7. The average Bonchev–Trinajstić information content (AvgIpc) is 2.79. The van der Waals surface area contributed by atoms with Crippen LogP contribution in [0.5, 0.6) is 11.5 Å². The normalized spacial score (nSPS) is 10.3. The molecule has 0 spiro atoms. The van der Waals surface area contributed by atoms with Crippen molar-refractivity contribution in [2.75, 3.05) is 13.2 Å². The van der Waals surface area contributed by atoms with Crippen molar-refractivity contribution in [3.8, 4) is 11.5 Å². The van der Waals surface area contributed by atoms with Gasteiger partial charge in [0.2, 0.25) is 0 Å². The summed E-state index contributed by atoms with van der Waals surface area (Å²) in [7, 11) is 0. The maximum absolute atomic E-state index is 12.7. The lowest BCUT2D eigenvalue weighted by Gasteiger charge is -2.14. The van der Waals surface area contributed by atoms with E-state index in [2.05, 4.69) is 55.0 Å². The molecule has 2 amide bonds. The van der Waals surface area contributed by atoms with Crippen molar-refractivity contribution in [1.29, 1.82) is 0 Å². The Balaban J connectivity index is 1.82. The highest BCUT2D eigenvalue weighted by molar-refractivity contribution is 9.10. The lowest BCUT2D eigenvalue weighted by Crippen LogP contribution is -2.49. The van der Waals surface area contributed by atoms with Crippen LogP contribution in [-0.4, -0.2) is 30.1 Å². The molecule has 7 nitrogen and oxygen atoms in total. The zero-order valence-corrected chi connectivity index (χ0v) is 22.5. The van der Waals surface area contributed by atoms with Crippen LogP contribution in [0.2, 0.25) is 0 Å². The number of benzene rings is 2. The van der Waals surface area contributed by atoms with Crippen LogP contribution in [0.4, 0.5) is 0 Å². The van der Waals surface area contributed by atoms with Gasteiger partial charge in [0.1, 0.15) is 11.5 Å². The maximum Gasteiger partial charge on any atom is 0.276 e. The Labute approximate surface area is 216 Å². The second-order valence-electron chi connectivity index (χ2n) is 7.21. The number of unbranched alkanes of at least 4 members (excludes halogenated alkanes) is 3. The molecule has 0 aliphatic heterocycles. The van der Waals surface area contributed by atoms with E-state index < -0.39 is 11.8 Å². The first-order valence-electron chi connectivity index (χ1n) is 10.5. The van der Waals surface area contributed by atoms with Crippen LogP contribution < -0.4 is 25.6 Å². The number of hydrogen-bond acceptors (Lipinski definition) is 5. The fourth-order valence-corrected chi connectivity index (χ4v) is 3.49. The number of carbonyl (C=O) groups excluding carboxylic acids is 2. The van der Waals surface area contributed by atoms with Gasteiger partial charge in [-0.1, -0.05) is 58.0 Å². The molecule has 0 unspecified atom stereocenters. The van der Waals surface area contributed by atoms with Gasteiger partial charge in [-0.2, -0.15) is 0 Å². The fourth-order valence-electron chi connectivity index (χ4n) is 2.74. The second-order valence-corrected chi connectivity index (χ2v) is 9.38. The predicted molar refractivity (Wildman–Crippen MR) is 139 cm³/mol. The van der Waals surface area contributed by atoms with Crippen molar-refractivity contribution >= 4 is 61.0 Å². The van der Waals surface area contributed by atoms with Crippen LogP contribution in [0.25, 0.3) is 0 Å². The predicted octanol–water partition coefficient (Wildman–Crippen LogP) is 5.19. The van der Waals surface area contributed by atoms with Gasteiger partial charge in [0.15, 0.2) is 11.7 Å². The molecular formula is C23H27Br2N3O4S. The van der Waals surface area contributed by atoms with Gasteiger partial charge in [0.25, 0.3) is 11.8 Å².